The molecule has 0 spiro atoms. The molecule has 1 rings (SSSR count). The van der Waals surface area contributed by atoms with Crippen molar-refractivity contribution in [1.29, 1.82) is 0 Å². The standard InChI is InChI=1S/C9H13Br2NOS/c1-2-5(4-12)8(13)7-3-6(10)9(11)14-7/h3,5,8,13H,2,4,12H2,1H3. The molecule has 0 aliphatic rings. The zero-order valence-electron chi connectivity index (χ0n) is 7.84. The van der Waals surface area contributed by atoms with Crippen LogP contribution in [0.1, 0.15) is 24.3 Å². The summed E-state index contributed by atoms with van der Waals surface area (Å²) in [7, 11) is 0. The fourth-order valence-electron chi connectivity index (χ4n) is 1.26. The van der Waals surface area contributed by atoms with E-state index in [1.165, 1.54) is 0 Å². The Morgan fingerprint density at radius 1 is 1.57 bits per heavy atom. The normalized spacial score (nSPS) is 15.5. The van der Waals surface area contributed by atoms with E-state index in [0.29, 0.717) is 6.54 Å². The van der Waals surface area contributed by atoms with Crippen molar-refractivity contribution in [2.45, 2.75) is 19.4 Å². The van der Waals surface area contributed by atoms with Gasteiger partial charge in [0.05, 0.1) is 9.89 Å². The molecule has 0 saturated heterocycles. The summed E-state index contributed by atoms with van der Waals surface area (Å²) in [5.41, 5.74) is 5.59. The number of nitrogens with two attached hydrogens (primary N) is 1. The number of aliphatic hydroxyl groups is 1. The molecule has 1 aromatic heterocycles. The Labute approximate surface area is 105 Å². The lowest BCUT2D eigenvalue weighted by molar-refractivity contribution is 0.113. The monoisotopic (exact) mass is 341 g/mol. The molecule has 2 atom stereocenters. The molecule has 0 saturated carbocycles. The SMILES string of the molecule is CCC(CN)C(O)c1cc(Br)c(Br)s1. The van der Waals surface area contributed by atoms with E-state index in [4.69, 9.17) is 5.73 Å². The molecule has 0 aromatic carbocycles. The topological polar surface area (TPSA) is 46.2 Å². The molecule has 0 aliphatic heterocycles. The minimum Gasteiger partial charge on any atom is -0.387 e. The first kappa shape index (κ1) is 12.6. The van der Waals surface area contributed by atoms with Gasteiger partial charge in [-0.1, -0.05) is 6.92 Å². The second-order valence-corrected chi connectivity index (χ2v) is 6.38. The highest BCUT2D eigenvalue weighted by Gasteiger charge is 2.20. The maximum absolute atomic E-state index is 10.0. The average Bonchev–Trinajstić information content (AvgIpc) is 2.49. The van der Waals surface area contributed by atoms with Crippen molar-refractivity contribution in [1.82, 2.24) is 0 Å². The zero-order chi connectivity index (χ0) is 10.7. The van der Waals surface area contributed by atoms with Gasteiger partial charge in [-0.05, 0) is 50.9 Å². The summed E-state index contributed by atoms with van der Waals surface area (Å²) in [4.78, 5) is 0.959. The molecule has 1 aromatic rings. The third kappa shape index (κ3) is 2.79. The number of rotatable bonds is 4. The molecule has 1 heterocycles. The number of aliphatic hydroxyl groups excluding tert-OH is 1. The first-order valence-electron chi connectivity index (χ1n) is 4.43. The smallest absolute Gasteiger partial charge is 0.0922 e. The highest BCUT2D eigenvalue weighted by atomic mass is 79.9. The van der Waals surface area contributed by atoms with E-state index in [1.54, 1.807) is 11.3 Å². The highest BCUT2D eigenvalue weighted by molar-refractivity contribution is 9.13. The van der Waals surface area contributed by atoms with Crippen LogP contribution in [0.3, 0.4) is 0 Å². The molecule has 80 valence electrons. The van der Waals surface area contributed by atoms with Gasteiger partial charge in [0.2, 0.25) is 0 Å². The predicted molar refractivity (Wildman–Crippen MR) is 67.5 cm³/mol. The van der Waals surface area contributed by atoms with Crippen LogP contribution in [0.4, 0.5) is 0 Å². The quantitative estimate of drug-likeness (QED) is 0.881. The van der Waals surface area contributed by atoms with E-state index in [9.17, 15) is 5.11 Å². The van der Waals surface area contributed by atoms with Crippen LogP contribution in [0.5, 0.6) is 0 Å². The van der Waals surface area contributed by atoms with Gasteiger partial charge >= 0.3 is 0 Å². The molecular weight excluding hydrogens is 330 g/mol. The van der Waals surface area contributed by atoms with Crippen molar-refractivity contribution in [3.63, 3.8) is 0 Å². The van der Waals surface area contributed by atoms with Crippen molar-refractivity contribution in [2.75, 3.05) is 6.54 Å². The van der Waals surface area contributed by atoms with Crippen molar-refractivity contribution in [3.8, 4) is 0 Å². The fraction of sp³-hybridized carbons (Fsp3) is 0.556. The third-order valence-corrected chi connectivity index (χ3v) is 5.56. The minimum atomic E-state index is -0.447. The molecular formula is C9H13Br2NOS. The molecule has 0 bridgehead atoms. The number of thiophene rings is 1. The summed E-state index contributed by atoms with van der Waals surface area (Å²) < 4.78 is 2.00. The van der Waals surface area contributed by atoms with Gasteiger partial charge in [-0.25, -0.2) is 0 Å². The Kier molecular flexibility index (Phi) is 5.06. The summed E-state index contributed by atoms with van der Waals surface area (Å²) in [5, 5.41) is 10.0. The maximum atomic E-state index is 10.0. The van der Waals surface area contributed by atoms with Gasteiger partial charge in [0.15, 0.2) is 0 Å². The summed E-state index contributed by atoms with van der Waals surface area (Å²) >= 11 is 8.35. The largest absolute Gasteiger partial charge is 0.387 e. The Morgan fingerprint density at radius 2 is 2.21 bits per heavy atom. The van der Waals surface area contributed by atoms with Crippen LogP contribution in [0.15, 0.2) is 14.3 Å². The lowest BCUT2D eigenvalue weighted by Crippen LogP contribution is -2.20. The second kappa shape index (κ2) is 5.61. The van der Waals surface area contributed by atoms with Gasteiger partial charge in [0, 0.05) is 15.3 Å². The van der Waals surface area contributed by atoms with Gasteiger partial charge < -0.3 is 10.8 Å². The number of hydrogen-bond donors (Lipinski definition) is 2. The lowest BCUT2D eigenvalue weighted by atomic mass is 9.99. The van der Waals surface area contributed by atoms with E-state index >= 15 is 0 Å². The predicted octanol–water partition coefficient (Wildman–Crippen LogP) is 3.29. The van der Waals surface area contributed by atoms with Crippen LogP contribution in [0, 0.1) is 5.92 Å². The summed E-state index contributed by atoms with van der Waals surface area (Å²) in [6.07, 6.45) is 0.447. The lowest BCUT2D eigenvalue weighted by Gasteiger charge is -2.18. The molecule has 0 aliphatic carbocycles. The van der Waals surface area contributed by atoms with Gasteiger partial charge in [0.25, 0.3) is 0 Å². The van der Waals surface area contributed by atoms with E-state index in [0.717, 1.165) is 19.6 Å². The molecule has 2 unspecified atom stereocenters. The molecule has 0 fully saturated rings. The highest BCUT2D eigenvalue weighted by Crippen LogP contribution is 2.38. The minimum absolute atomic E-state index is 0.146. The van der Waals surface area contributed by atoms with Crippen molar-refractivity contribution >= 4 is 43.2 Å². The summed E-state index contributed by atoms with van der Waals surface area (Å²) in [5.74, 6) is 0.146. The molecule has 14 heavy (non-hydrogen) atoms. The van der Waals surface area contributed by atoms with Gasteiger partial charge in [0.1, 0.15) is 0 Å². The van der Waals surface area contributed by atoms with Crippen LogP contribution in [-0.4, -0.2) is 11.7 Å². The molecule has 5 heteroatoms. The van der Waals surface area contributed by atoms with Crippen LogP contribution in [0.25, 0.3) is 0 Å². The van der Waals surface area contributed by atoms with Crippen LogP contribution in [-0.2, 0) is 0 Å². The van der Waals surface area contributed by atoms with Crippen molar-refractivity contribution < 1.29 is 5.11 Å². The molecule has 2 nitrogen and oxygen atoms in total. The van der Waals surface area contributed by atoms with Gasteiger partial charge in [-0.15, -0.1) is 11.3 Å². The van der Waals surface area contributed by atoms with Gasteiger partial charge in [-0.3, -0.25) is 0 Å². The van der Waals surface area contributed by atoms with Gasteiger partial charge in [-0.2, -0.15) is 0 Å². The number of hydrogen-bond acceptors (Lipinski definition) is 3. The van der Waals surface area contributed by atoms with Crippen molar-refractivity contribution in [3.05, 3.63) is 19.2 Å². The summed E-state index contributed by atoms with van der Waals surface area (Å²) in [6, 6.07) is 1.94. The molecule has 0 amide bonds. The first-order valence-corrected chi connectivity index (χ1v) is 6.83. The van der Waals surface area contributed by atoms with Crippen LogP contribution >= 0.6 is 43.2 Å². The van der Waals surface area contributed by atoms with E-state index in [2.05, 4.69) is 31.9 Å². The maximum Gasteiger partial charge on any atom is 0.0922 e. The average molecular weight is 343 g/mol. The second-order valence-electron chi connectivity index (χ2n) is 3.12. The zero-order valence-corrected chi connectivity index (χ0v) is 11.8. The Balaban J connectivity index is 2.82. The molecule has 3 N–H and O–H groups in total. The Morgan fingerprint density at radius 3 is 2.57 bits per heavy atom. The fourth-order valence-corrected chi connectivity index (χ4v) is 3.43. The van der Waals surface area contributed by atoms with Crippen LogP contribution < -0.4 is 5.73 Å². The number of halogens is 2. The Bertz CT molecular complexity index is 280. The molecule has 0 radical (unpaired) electrons. The van der Waals surface area contributed by atoms with E-state index < -0.39 is 6.10 Å². The van der Waals surface area contributed by atoms with Crippen molar-refractivity contribution in [2.24, 2.45) is 11.7 Å². The summed E-state index contributed by atoms with van der Waals surface area (Å²) in [6.45, 7) is 2.56. The van der Waals surface area contributed by atoms with E-state index in [-0.39, 0.29) is 5.92 Å². The van der Waals surface area contributed by atoms with Crippen LogP contribution in [0.2, 0.25) is 0 Å². The third-order valence-electron chi connectivity index (χ3n) is 2.23. The van der Waals surface area contributed by atoms with E-state index in [1.807, 2.05) is 13.0 Å². The Hall–Kier alpha value is 0.580. The first-order chi connectivity index (χ1) is 6.60.